The van der Waals surface area contributed by atoms with Gasteiger partial charge in [0.15, 0.2) is 0 Å². The third-order valence-electron chi connectivity index (χ3n) is 5.11. The molecule has 1 heteroatoms. The van der Waals surface area contributed by atoms with Crippen LogP contribution in [0.4, 0.5) is 0 Å². The number of fused-ring (bicyclic) bond motifs is 3. The van der Waals surface area contributed by atoms with E-state index in [-0.39, 0.29) is 0 Å². The van der Waals surface area contributed by atoms with E-state index in [2.05, 4.69) is 85.8 Å². The van der Waals surface area contributed by atoms with Crippen LogP contribution >= 0.6 is 0 Å². The molecule has 0 fully saturated rings. The molecule has 0 saturated heterocycles. The van der Waals surface area contributed by atoms with Crippen molar-refractivity contribution in [1.29, 1.82) is 0 Å². The van der Waals surface area contributed by atoms with Crippen LogP contribution in [-0.2, 0) is 0 Å². The van der Waals surface area contributed by atoms with Gasteiger partial charge in [0.25, 0.3) is 0 Å². The highest BCUT2D eigenvalue weighted by Crippen LogP contribution is 2.38. The lowest BCUT2D eigenvalue weighted by Gasteiger charge is -2.12. The maximum atomic E-state index is 6.24. The van der Waals surface area contributed by atoms with Crippen LogP contribution in [0.3, 0.4) is 0 Å². The molecular formula is C25H18O. The molecule has 1 nitrogen and oxygen atoms in total. The molecular weight excluding hydrogens is 316 g/mol. The van der Waals surface area contributed by atoms with E-state index in [0.29, 0.717) is 0 Å². The molecule has 4 aromatic carbocycles. The number of para-hydroxylation sites is 2. The quantitative estimate of drug-likeness (QED) is 0.332. The molecule has 26 heavy (non-hydrogen) atoms. The smallest absolute Gasteiger partial charge is 0.143 e. The molecule has 0 amide bonds. The Morgan fingerprint density at radius 2 is 1.19 bits per heavy atom. The summed E-state index contributed by atoms with van der Waals surface area (Å²) in [4.78, 5) is 0. The highest BCUT2D eigenvalue weighted by molar-refractivity contribution is 6.09. The van der Waals surface area contributed by atoms with Gasteiger partial charge in [0.2, 0.25) is 0 Å². The van der Waals surface area contributed by atoms with Crippen LogP contribution in [0.25, 0.3) is 44.2 Å². The standard InChI is InChI=1S/C25H18O/c1-17-19(18-9-3-2-4-10-18)12-7-13-20(17)22-14-8-15-23-21-11-5-6-16-24(21)26-25(22)23/h2-16H,1H3. The Morgan fingerprint density at radius 1 is 0.538 bits per heavy atom. The Kier molecular flexibility index (Phi) is 3.39. The minimum atomic E-state index is 0.937. The lowest BCUT2D eigenvalue weighted by atomic mass is 9.92. The highest BCUT2D eigenvalue weighted by Gasteiger charge is 2.14. The Labute approximate surface area is 152 Å². The average molecular weight is 334 g/mol. The van der Waals surface area contributed by atoms with Crippen molar-refractivity contribution in [3.63, 3.8) is 0 Å². The summed E-state index contributed by atoms with van der Waals surface area (Å²) in [6.45, 7) is 2.19. The van der Waals surface area contributed by atoms with Gasteiger partial charge in [-0.15, -0.1) is 0 Å². The predicted octanol–water partition coefficient (Wildman–Crippen LogP) is 7.23. The van der Waals surface area contributed by atoms with Gasteiger partial charge in [-0.1, -0.05) is 84.9 Å². The van der Waals surface area contributed by atoms with E-state index in [1.54, 1.807) is 0 Å². The van der Waals surface area contributed by atoms with Crippen LogP contribution in [-0.4, -0.2) is 0 Å². The number of rotatable bonds is 2. The topological polar surface area (TPSA) is 13.1 Å². The van der Waals surface area contributed by atoms with E-state index < -0.39 is 0 Å². The Hall–Kier alpha value is -3.32. The first-order chi connectivity index (χ1) is 12.8. The Morgan fingerprint density at radius 3 is 2.08 bits per heavy atom. The van der Waals surface area contributed by atoms with E-state index in [4.69, 9.17) is 4.42 Å². The molecule has 0 spiro atoms. The fourth-order valence-electron chi connectivity index (χ4n) is 3.82. The monoisotopic (exact) mass is 334 g/mol. The molecule has 0 aliphatic rings. The SMILES string of the molecule is Cc1c(-c2ccccc2)cccc1-c1cccc2c1oc1ccccc12. The first-order valence-electron chi connectivity index (χ1n) is 8.88. The fraction of sp³-hybridized carbons (Fsp3) is 0.0400. The zero-order chi connectivity index (χ0) is 17.5. The van der Waals surface area contributed by atoms with Crippen molar-refractivity contribution in [1.82, 2.24) is 0 Å². The number of hydrogen-bond acceptors (Lipinski definition) is 1. The third-order valence-corrected chi connectivity index (χ3v) is 5.11. The van der Waals surface area contributed by atoms with Gasteiger partial charge in [0, 0.05) is 16.3 Å². The van der Waals surface area contributed by atoms with E-state index in [1.807, 2.05) is 12.1 Å². The van der Waals surface area contributed by atoms with Crippen LogP contribution < -0.4 is 0 Å². The first kappa shape index (κ1) is 15.0. The number of hydrogen-bond donors (Lipinski definition) is 0. The van der Waals surface area contributed by atoms with Gasteiger partial charge in [-0.2, -0.15) is 0 Å². The van der Waals surface area contributed by atoms with Crippen molar-refractivity contribution in [3.05, 3.63) is 96.6 Å². The van der Waals surface area contributed by atoms with Gasteiger partial charge in [0.05, 0.1) is 0 Å². The van der Waals surface area contributed by atoms with Gasteiger partial charge in [-0.25, -0.2) is 0 Å². The van der Waals surface area contributed by atoms with Crippen molar-refractivity contribution in [2.45, 2.75) is 6.92 Å². The summed E-state index contributed by atoms with van der Waals surface area (Å²) >= 11 is 0. The summed E-state index contributed by atoms with van der Waals surface area (Å²) < 4.78 is 6.24. The lowest BCUT2D eigenvalue weighted by Crippen LogP contribution is -1.88. The molecule has 0 unspecified atom stereocenters. The molecule has 0 aliphatic carbocycles. The molecule has 0 radical (unpaired) electrons. The molecule has 0 atom stereocenters. The summed E-state index contributed by atoms with van der Waals surface area (Å²) in [7, 11) is 0. The largest absolute Gasteiger partial charge is 0.455 e. The van der Waals surface area contributed by atoms with Gasteiger partial charge >= 0.3 is 0 Å². The minimum Gasteiger partial charge on any atom is -0.455 e. The summed E-state index contributed by atoms with van der Waals surface area (Å²) in [5, 5.41) is 2.34. The molecule has 0 saturated carbocycles. The summed E-state index contributed by atoms with van der Waals surface area (Å²) in [5.74, 6) is 0. The van der Waals surface area contributed by atoms with E-state index in [1.165, 1.54) is 33.0 Å². The molecule has 0 bridgehead atoms. The van der Waals surface area contributed by atoms with Crippen molar-refractivity contribution in [2.75, 3.05) is 0 Å². The van der Waals surface area contributed by atoms with E-state index >= 15 is 0 Å². The van der Waals surface area contributed by atoms with Gasteiger partial charge in [-0.3, -0.25) is 0 Å². The number of furan rings is 1. The minimum absolute atomic E-state index is 0.937. The normalized spacial score (nSPS) is 11.3. The first-order valence-corrected chi connectivity index (χ1v) is 8.88. The molecule has 5 aromatic rings. The van der Waals surface area contributed by atoms with Crippen LogP contribution in [0.5, 0.6) is 0 Å². The van der Waals surface area contributed by atoms with Crippen molar-refractivity contribution in [3.8, 4) is 22.3 Å². The highest BCUT2D eigenvalue weighted by atomic mass is 16.3. The molecule has 124 valence electrons. The van der Waals surface area contributed by atoms with E-state index in [9.17, 15) is 0 Å². The van der Waals surface area contributed by atoms with Crippen LogP contribution in [0.15, 0.2) is 95.4 Å². The summed E-state index contributed by atoms with van der Waals surface area (Å²) in [5.41, 5.74) is 8.03. The molecule has 0 N–H and O–H groups in total. The maximum absolute atomic E-state index is 6.24. The number of benzene rings is 4. The predicted molar refractivity (Wildman–Crippen MR) is 109 cm³/mol. The maximum Gasteiger partial charge on any atom is 0.143 e. The van der Waals surface area contributed by atoms with Crippen molar-refractivity contribution in [2.24, 2.45) is 0 Å². The lowest BCUT2D eigenvalue weighted by molar-refractivity contribution is 0.670. The van der Waals surface area contributed by atoms with Gasteiger partial charge in [-0.05, 0) is 35.2 Å². The Bertz CT molecular complexity index is 1230. The van der Waals surface area contributed by atoms with Crippen LogP contribution in [0, 0.1) is 6.92 Å². The zero-order valence-corrected chi connectivity index (χ0v) is 14.6. The second-order valence-corrected chi connectivity index (χ2v) is 6.62. The second kappa shape index (κ2) is 5.89. The Balaban J connectivity index is 1.79. The molecule has 0 aliphatic heterocycles. The van der Waals surface area contributed by atoms with Gasteiger partial charge < -0.3 is 4.42 Å². The molecule has 5 rings (SSSR count). The van der Waals surface area contributed by atoms with Crippen molar-refractivity contribution >= 4 is 21.9 Å². The second-order valence-electron chi connectivity index (χ2n) is 6.62. The molecule has 1 heterocycles. The van der Waals surface area contributed by atoms with Crippen molar-refractivity contribution < 1.29 is 4.42 Å². The zero-order valence-electron chi connectivity index (χ0n) is 14.6. The third kappa shape index (κ3) is 2.25. The van der Waals surface area contributed by atoms with Crippen LogP contribution in [0.2, 0.25) is 0 Å². The summed E-state index contributed by atoms with van der Waals surface area (Å²) in [6.07, 6.45) is 0. The van der Waals surface area contributed by atoms with E-state index in [0.717, 1.165) is 16.7 Å². The fourth-order valence-corrected chi connectivity index (χ4v) is 3.82. The average Bonchev–Trinajstić information content (AvgIpc) is 3.08. The molecule has 1 aromatic heterocycles. The van der Waals surface area contributed by atoms with Crippen LogP contribution in [0.1, 0.15) is 5.56 Å². The van der Waals surface area contributed by atoms with Gasteiger partial charge in [0.1, 0.15) is 11.2 Å². The summed E-state index contributed by atoms with van der Waals surface area (Å²) in [6, 6.07) is 31.7.